The maximum atomic E-state index is 14.6. The summed E-state index contributed by atoms with van der Waals surface area (Å²) in [7, 11) is 1.45. The molecule has 12 heteroatoms. The van der Waals surface area contributed by atoms with Gasteiger partial charge in [-0.25, -0.2) is 14.4 Å². The molecule has 4 aromatic rings. The molecule has 0 aliphatic carbocycles. The van der Waals surface area contributed by atoms with Crippen LogP contribution in [0.1, 0.15) is 38.5 Å². The van der Waals surface area contributed by atoms with E-state index < -0.39 is 29.8 Å². The summed E-state index contributed by atoms with van der Waals surface area (Å²) in [5.41, 5.74) is 2.36. The monoisotopic (exact) mass is 625 g/mol. The minimum atomic E-state index is -0.678. The Labute approximate surface area is 264 Å². The standard InChI is InChI=1S/C34H32FN5O6/c1-20-36-17-26(32(38-20)22-6-4-3-5-7-22)34(43)40-11-10-28-27(18-40)39-33(42)23-8-9-29(44-2)30(14-23)45-19-31(41)37-16-21-12-24(35)15-25(13-21)46-28/h3-9,12-15,17,27-28H,10-11,16,18-19H2,1-2H3,(H,37,41)(H,39,42)/t27-,28+/m0/s1. The number of piperidine rings is 1. The number of aromatic nitrogens is 2. The van der Waals surface area contributed by atoms with Crippen LogP contribution in [-0.2, 0) is 11.3 Å². The van der Waals surface area contributed by atoms with Crippen LogP contribution in [0.4, 0.5) is 4.39 Å². The Morgan fingerprint density at radius 2 is 1.89 bits per heavy atom. The summed E-state index contributed by atoms with van der Waals surface area (Å²) in [4.78, 5) is 50.6. The summed E-state index contributed by atoms with van der Waals surface area (Å²) in [6, 6.07) is 17.5. The maximum absolute atomic E-state index is 14.6. The van der Waals surface area contributed by atoms with Crippen LogP contribution in [0.5, 0.6) is 17.2 Å². The van der Waals surface area contributed by atoms with E-state index in [0.29, 0.717) is 41.4 Å². The van der Waals surface area contributed by atoms with E-state index in [1.807, 2.05) is 30.3 Å². The first-order valence-electron chi connectivity index (χ1n) is 14.8. The van der Waals surface area contributed by atoms with Gasteiger partial charge in [-0.3, -0.25) is 14.4 Å². The number of amides is 3. The van der Waals surface area contributed by atoms with Crippen molar-refractivity contribution in [2.75, 3.05) is 26.8 Å². The summed E-state index contributed by atoms with van der Waals surface area (Å²) in [5.74, 6) is -0.423. The second kappa shape index (κ2) is 13.2. The van der Waals surface area contributed by atoms with Crippen molar-refractivity contribution in [3.8, 4) is 28.5 Å². The number of benzene rings is 3. The Hall–Kier alpha value is -5.52. The highest BCUT2D eigenvalue weighted by atomic mass is 19.1. The van der Waals surface area contributed by atoms with E-state index in [4.69, 9.17) is 14.2 Å². The number of hydrogen-bond acceptors (Lipinski definition) is 8. The predicted octanol–water partition coefficient (Wildman–Crippen LogP) is 3.70. The van der Waals surface area contributed by atoms with E-state index in [2.05, 4.69) is 20.6 Å². The zero-order chi connectivity index (χ0) is 32.2. The number of halogens is 1. The molecular formula is C34H32FN5O6. The number of carbonyl (C=O) groups excluding carboxylic acids is 3. The van der Waals surface area contributed by atoms with Gasteiger partial charge in [0.1, 0.15) is 23.5 Å². The molecule has 3 heterocycles. The number of nitrogens with zero attached hydrogens (tertiary/aromatic N) is 3. The highest BCUT2D eigenvalue weighted by Gasteiger charge is 2.36. The van der Waals surface area contributed by atoms with Gasteiger partial charge in [-0.05, 0) is 42.8 Å². The molecule has 2 aliphatic rings. The number of carbonyl (C=O) groups is 3. The Morgan fingerprint density at radius 1 is 1.07 bits per heavy atom. The van der Waals surface area contributed by atoms with E-state index in [1.165, 1.54) is 31.5 Å². The molecule has 2 aliphatic heterocycles. The van der Waals surface area contributed by atoms with Crippen molar-refractivity contribution in [3.63, 3.8) is 0 Å². The van der Waals surface area contributed by atoms with Crippen molar-refractivity contribution < 1.29 is 33.0 Å². The van der Waals surface area contributed by atoms with Gasteiger partial charge in [0.25, 0.3) is 17.7 Å². The first-order chi connectivity index (χ1) is 22.3. The fourth-order valence-corrected chi connectivity index (χ4v) is 5.55. The molecule has 3 amide bonds. The van der Waals surface area contributed by atoms with Crippen molar-refractivity contribution in [1.82, 2.24) is 25.5 Å². The van der Waals surface area contributed by atoms with E-state index in [9.17, 15) is 18.8 Å². The van der Waals surface area contributed by atoms with Crippen LogP contribution < -0.4 is 24.8 Å². The van der Waals surface area contributed by atoms with Crippen LogP contribution in [0.25, 0.3) is 11.3 Å². The van der Waals surface area contributed by atoms with Gasteiger partial charge < -0.3 is 29.7 Å². The summed E-state index contributed by atoms with van der Waals surface area (Å²) in [6.45, 7) is 1.86. The number of nitrogens with one attached hydrogen (secondary N) is 2. The van der Waals surface area contributed by atoms with Crippen molar-refractivity contribution in [3.05, 3.63) is 101 Å². The molecule has 6 rings (SSSR count). The Balaban J connectivity index is 1.33. The summed E-state index contributed by atoms with van der Waals surface area (Å²) < 4.78 is 32.0. The predicted molar refractivity (Wildman–Crippen MR) is 165 cm³/mol. The van der Waals surface area contributed by atoms with Gasteiger partial charge in [0, 0.05) is 49.4 Å². The number of aryl methyl sites for hydroxylation is 1. The Morgan fingerprint density at radius 3 is 2.70 bits per heavy atom. The molecule has 11 nitrogen and oxygen atoms in total. The molecule has 0 radical (unpaired) electrons. The lowest BCUT2D eigenvalue weighted by Gasteiger charge is -2.39. The molecule has 2 atom stereocenters. The fraction of sp³-hybridized carbons (Fsp3) is 0.265. The van der Waals surface area contributed by atoms with Crippen molar-refractivity contribution in [2.45, 2.75) is 32.0 Å². The smallest absolute Gasteiger partial charge is 0.258 e. The third-order valence-electron chi connectivity index (χ3n) is 7.83. The topological polar surface area (TPSA) is 132 Å². The lowest BCUT2D eigenvalue weighted by Crippen LogP contribution is -2.58. The van der Waals surface area contributed by atoms with Crippen molar-refractivity contribution in [2.24, 2.45) is 0 Å². The lowest BCUT2D eigenvalue weighted by molar-refractivity contribution is -0.123. The van der Waals surface area contributed by atoms with Gasteiger partial charge in [-0.2, -0.15) is 0 Å². The van der Waals surface area contributed by atoms with Crippen molar-refractivity contribution in [1.29, 1.82) is 0 Å². The maximum Gasteiger partial charge on any atom is 0.258 e. The summed E-state index contributed by atoms with van der Waals surface area (Å²) in [6.07, 6.45) is 1.25. The quantitative estimate of drug-likeness (QED) is 0.353. The van der Waals surface area contributed by atoms with Gasteiger partial charge in [0.05, 0.1) is 24.4 Å². The molecule has 2 N–H and O–H groups in total. The van der Waals surface area contributed by atoms with E-state index >= 15 is 0 Å². The minimum absolute atomic E-state index is 0.0446. The minimum Gasteiger partial charge on any atom is -0.493 e. The zero-order valence-corrected chi connectivity index (χ0v) is 25.3. The molecule has 1 aromatic heterocycles. The summed E-state index contributed by atoms with van der Waals surface area (Å²) in [5, 5.41) is 5.72. The highest BCUT2D eigenvalue weighted by Crippen LogP contribution is 2.30. The molecule has 1 saturated heterocycles. The largest absolute Gasteiger partial charge is 0.493 e. The Kier molecular flexibility index (Phi) is 8.77. The number of fused-ring (bicyclic) bond motifs is 5. The molecule has 3 aromatic carbocycles. The molecule has 0 unspecified atom stereocenters. The second-order valence-corrected chi connectivity index (χ2v) is 11.0. The normalized spacial score (nSPS) is 18.3. The first kappa shape index (κ1) is 30.5. The third kappa shape index (κ3) is 6.75. The molecule has 4 bridgehead atoms. The molecule has 1 fully saturated rings. The number of rotatable bonds is 3. The van der Waals surface area contributed by atoms with Crippen molar-refractivity contribution >= 4 is 17.7 Å². The molecule has 0 spiro atoms. The van der Waals surface area contributed by atoms with Crippen LogP contribution in [0.15, 0.2) is 72.9 Å². The SMILES string of the molecule is COc1ccc2cc1OCC(=O)NCc1cc(F)cc(c1)O[C@@H]1CCN(C(=O)c3cnc(C)nc3-c3ccccc3)C[C@@H]1NC2=O. The first-order valence-corrected chi connectivity index (χ1v) is 14.8. The van der Waals surface area contributed by atoms with E-state index in [0.717, 1.165) is 5.56 Å². The molecule has 46 heavy (non-hydrogen) atoms. The van der Waals surface area contributed by atoms with Crippen LogP contribution in [0, 0.1) is 12.7 Å². The average Bonchev–Trinajstić information content (AvgIpc) is 3.06. The van der Waals surface area contributed by atoms with Gasteiger partial charge in [-0.15, -0.1) is 0 Å². The van der Waals surface area contributed by atoms with Gasteiger partial charge in [0.15, 0.2) is 18.1 Å². The molecule has 0 saturated carbocycles. The Bertz CT molecular complexity index is 1790. The zero-order valence-electron chi connectivity index (χ0n) is 25.3. The fourth-order valence-electron chi connectivity index (χ4n) is 5.55. The van der Waals surface area contributed by atoms with Crippen LogP contribution >= 0.6 is 0 Å². The molecular weight excluding hydrogens is 593 g/mol. The van der Waals surface area contributed by atoms with Crippen LogP contribution in [0.3, 0.4) is 0 Å². The summed E-state index contributed by atoms with van der Waals surface area (Å²) >= 11 is 0. The van der Waals surface area contributed by atoms with Crippen LogP contribution in [-0.4, -0.2) is 71.5 Å². The van der Waals surface area contributed by atoms with Gasteiger partial charge in [-0.1, -0.05) is 30.3 Å². The van der Waals surface area contributed by atoms with E-state index in [-0.39, 0.29) is 42.7 Å². The number of methoxy groups -OCH3 is 1. The molecule has 236 valence electrons. The average molecular weight is 626 g/mol. The number of likely N-dealkylation sites (tertiary alicyclic amines) is 1. The van der Waals surface area contributed by atoms with Crippen LogP contribution in [0.2, 0.25) is 0 Å². The number of ether oxygens (including phenoxy) is 3. The number of hydrogen-bond donors (Lipinski definition) is 2. The van der Waals surface area contributed by atoms with Gasteiger partial charge >= 0.3 is 0 Å². The third-order valence-corrected chi connectivity index (χ3v) is 7.83. The lowest BCUT2D eigenvalue weighted by atomic mass is 9.99. The van der Waals surface area contributed by atoms with Gasteiger partial charge in [0.2, 0.25) is 0 Å². The second-order valence-electron chi connectivity index (χ2n) is 11.0. The highest BCUT2D eigenvalue weighted by molar-refractivity contribution is 6.00. The van der Waals surface area contributed by atoms with E-state index in [1.54, 1.807) is 30.0 Å².